The van der Waals surface area contributed by atoms with Crippen molar-refractivity contribution in [1.29, 1.82) is 0 Å². The minimum atomic E-state index is -0.658. The summed E-state index contributed by atoms with van der Waals surface area (Å²) < 4.78 is 0. The lowest BCUT2D eigenvalue weighted by Crippen LogP contribution is -2.45. The number of allylic oxidation sites excluding steroid dienone is 1. The Kier molecular flexibility index (Phi) is 5.09. The molecule has 2 aromatic rings. The van der Waals surface area contributed by atoms with Gasteiger partial charge >= 0.3 is 6.03 Å². The van der Waals surface area contributed by atoms with Crippen LogP contribution >= 0.6 is 11.6 Å². The van der Waals surface area contributed by atoms with E-state index >= 15 is 0 Å². The lowest BCUT2D eigenvalue weighted by molar-refractivity contribution is -0.384. The van der Waals surface area contributed by atoms with Crippen molar-refractivity contribution in [1.82, 2.24) is 10.6 Å². The van der Waals surface area contributed by atoms with Gasteiger partial charge in [0.25, 0.3) is 11.6 Å². The third kappa shape index (κ3) is 4.06. The molecular formula is C18H15ClN4O4. The number of nitrogens with one attached hydrogen (secondary N) is 3. The van der Waals surface area contributed by atoms with E-state index in [1.807, 2.05) is 0 Å². The predicted molar refractivity (Wildman–Crippen MR) is 100 cm³/mol. The summed E-state index contributed by atoms with van der Waals surface area (Å²) >= 11 is 5.91. The van der Waals surface area contributed by atoms with Gasteiger partial charge in [-0.2, -0.15) is 0 Å². The maximum absolute atomic E-state index is 12.8. The summed E-state index contributed by atoms with van der Waals surface area (Å²) in [6.07, 6.45) is 0. The summed E-state index contributed by atoms with van der Waals surface area (Å²) in [6, 6.07) is 11.2. The largest absolute Gasteiger partial charge is 0.327 e. The van der Waals surface area contributed by atoms with E-state index in [2.05, 4.69) is 16.0 Å². The van der Waals surface area contributed by atoms with Gasteiger partial charge in [-0.1, -0.05) is 23.7 Å². The third-order valence-corrected chi connectivity index (χ3v) is 4.31. The van der Waals surface area contributed by atoms with Crippen molar-refractivity contribution in [3.63, 3.8) is 0 Å². The molecule has 9 heteroatoms. The summed E-state index contributed by atoms with van der Waals surface area (Å²) in [5, 5.41) is 19.3. The lowest BCUT2D eigenvalue weighted by atomic mass is 9.95. The van der Waals surface area contributed by atoms with Gasteiger partial charge in [0.15, 0.2) is 0 Å². The average molecular weight is 387 g/mol. The number of carbonyl (C=O) groups excluding carboxylic acids is 2. The van der Waals surface area contributed by atoms with Gasteiger partial charge in [-0.25, -0.2) is 4.79 Å². The Balaban J connectivity index is 1.89. The quantitative estimate of drug-likeness (QED) is 0.551. The second kappa shape index (κ2) is 7.46. The number of benzene rings is 2. The molecule has 1 aliphatic heterocycles. The van der Waals surface area contributed by atoms with Gasteiger partial charge in [0, 0.05) is 28.5 Å². The molecule has 27 heavy (non-hydrogen) atoms. The zero-order valence-electron chi connectivity index (χ0n) is 14.2. The first-order chi connectivity index (χ1) is 12.8. The number of nitrogens with zero attached hydrogens (tertiary/aromatic N) is 1. The van der Waals surface area contributed by atoms with Crippen molar-refractivity contribution >= 4 is 34.9 Å². The molecule has 0 fully saturated rings. The van der Waals surface area contributed by atoms with Crippen molar-refractivity contribution in [2.24, 2.45) is 0 Å². The number of nitro groups is 1. The number of non-ortho nitro benzene ring substituents is 1. The summed E-state index contributed by atoms with van der Waals surface area (Å²) in [7, 11) is 0. The van der Waals surface area contributed by atoms with Crippen LogP contribution in [0.25, 0.3) is 0 Å². The highest BCUT2D eigenvalue weighted by atomic mass is 35.5. The standard InChI is InChI=1S/C18H15ClN4O4/c1-10-15(17(24)21-13-6-8-14(9-7-13)23(26)27)16(22-18(25)20-10)11-2-4-12(19)5-3-11/h2-9,16H,1H3,(H,21,24)(H2,20,22,25). The highest BCUT2D eigenvalue weighted by molar-refractivity contribution is 6.30. The number of urea groups is 1. The van der Waals surface area contributed by atoms with Gasteiger partial charge < -0.3 is 16.0 Å². The van der Waals surface area contributed by atoms with Crippen LogP contribution in [0.15, 0.2) is 59.8 Å². The van der Waals surface area contributed by atoms with Crippen molar-refractivity contribution < 1.29 is 14.5 Å². The molecule has 138 valence electrons. The number of nitro benzene ring substituents is 1. The molecule has 0 saturated heterocycles. The summed E-state index contributed by atoms with van der Waals surface area (Å²) in [5.41, 5.74) is 1.77. The minimum absolute atomic E-state index is 0.0750. The molecular weight excluding hydrogens is 372 g/mol. The Morgan fingerprint density at radius 3 is 2.37 bits per heavy atom. The lowest BCUT2D eigenvalue weighted by Gasteiger charge is -2.28. The smallest absolute Gasteiger partial charge is 0.319 e. The maximum Gasteiger partial charge on any atom is 0.319 e. The fraction of sp³-hybridized carbons (Fsp3) is 0.111. The first kappa shape index (κ1) is 18.4. The van der Waals surface area contributed by atoms with Crippen LogP contribution in [-0.2, 0) is 4.79 Å². The van der Waals surface area contributed by atoms with E-state index in [0.717, 1.165) is 0 Å². The molecule has 0 aromatic heterocycles. The molecule has 1 heterocycles. The monoisotopic (exact) mass is 386 g/mol. The normalized spacial score (nSPS) is 16.4. The number of carbonyl (C=O) groups is 2. The number of halogens is 1. The van der Waals surface area contributed by atoms with Gasteiger partial charge in [0.2, 0.25) is 0 Å². The molecule has 8 nitrogen and oxygen atoms in total. The molecule has 0 aliphatic carbocycles. The predicted octanol–water partition coefficient (Wildman–Crippen LogP) is 3.51. The number of rotatable bonds is 4. The number of hydrogen-bond acceptors (Lipinski definition) is 4. The molecule has 3 rings (SSSR count). The van der Waals surface area contributed by atoms with Crippen LogP contribution in [0.4, 0.5) is 16.2 Å². The molecule has 2 aromatic carbocycles. The molecule has 3 N–H and O–H groups in total. The molecule has 0 bridgehead atoms. The van der Waals surface area contributed by atoms with Gasteiger partial charge in [-0.05, 0) is 36.8 Å². The maximum atomic E-state index is 12.8. The summed E-state index contributed by atoms with van der Waals surface area (Å²) in [6.45, 7) is 1.63. The Morgan fingerprint density at radius 2 is 1.78 bits per heavy atom. The van der Waals surface area contributed by atoms with Crippen molar-refractivity contribution in [3.05, 3.63) is 80.5 Å². The zero-order valence-corrected chi connectivity index (χ0v) is 14.9. The second-order valence-corrected chi connectivity index (χ2v) is 6.32. The van der Waals surface area contributed by atoms with E-state index in [4.69, 9.17) is 11.6 Å². The molecule has 0 spiro atoms. The van der Waals surface area contributed by atoms with Crippen LogP contribution in [0.3, 0.4) is 0 Å². The molecule has 0 saturated carbocycles. The Bertz CT molecular complexity index is 939. The topological polar surface area (TPSA) is 113 Å². The van der Waals surface area contributed by atoms with E-state index in [-0.39, 0.29) is 5.69 Å². The minimum Gasteiger partial charge on any atom is -0.327 e. The average Bonchev–Trinajstić information content (AvgIpc) is 2.62. The third-order valence-electron chi connectivity index (χ3n) is 4.05. The van der Waals surface area contributed by atoms with Crippen molar-refractivity contribution in [3.8, 4) is 0 Å². The summed E-state index contributed by atoms with van der Waals surface area (Å²) in [5.74, 6) is -0.436. The summed E-state index contributed by atoms with van der Waals surface area (Å²) in [4.78, 5) is 34.9. The van der Waals surface area contributed by atoms with Crippen LogP contribution in [0.1, 0.15) is 18.5 Å². The van der Waals surface area contributed by atoms with Gasteiger partial charge in [-0.15, -0.1) is 0 Å². The van der Waals surface area contributed by atoms with Crippen molar-refractivity contribution in [2.75, 3.05) is 5.32 Å². The van der Waals surface area contributed by atoms with E-state index in [0.29, 0.717) is 27.5 Å². The zero-order chi connectivity index (χ0) is 19.6. The van der Waals surface area contributed by atoms with E-state index in [1.54, 1.807) is 31.2 Å². The Morgan fingerprint density at radius 1 is 1.15 bits per heavy atom. The molecule has 1 unspecified atom stereocenters. The highest BCUT2D eigenvalue weighted by Gasteiger charge is 2.31. The van der Waals surface area contributed by atoms with Crippen LogP contribution in [0.5, 0.6) is 0 Å². The fourth-order valence-corrected chi connectivity index (χ4v) is 2.89. The number of amides is 3. The molecule has 0 radical (unpaired) electrons. The van der Waals surface area contributed by atoms with E-state index in [1.165, 1.54) is 24.3 Å². The van der Waals surface area contributed by atoms with Crippen molar-refractivity contribution in [2.45, 2.75) is 13.0 Å². The fourth-order valence-electron chi connectivity index (χ4n) is 2.77. The van der Waals surface area contributed by atoms with Gasteiger partial charge in [0.05, 0.1) is 16.5 Å². The van der Waals surface area contributed by atoms with Crippen LogP contribution < -0.4 is 16.0 Å². The van der Waals surface area contributed by atoms with Crippen LogP contribution in [0.2, 0.25) is 5.02 Å². The van der Waals surface area contributed by atoms with E-state index < -0.39 is 22.9 Å². The van der Waals surface area contributed by atoms with Crippen LogP contribution in [0, 0.1) is 10.1 Å². The SMILES string of the molecule is CC1=C(C(=O)Nc2ccc([N+](=O)[O-])cc2)C(c2ccc(Cl)cc2)NC(=O)N1. The number of hydrogen-bond donors (Lipinski definition) is 3. The Labute approximate surface area is 159 Å². The molecule has 1 atom stereocenters. The first-order valence-corrected chi connectivity index (χ1v) is 8.32. The van der Waals surface area contributed by atoms with Crippen LogP contribution in [-0.4, -0.2) is 16.9 Å². The molecule has 3 amide bonds. The second-order valence-electron chi connectivity index (χ2n) is 5.88. The first-order valence-electron chi connectivity index (χ1n) is 7.94. The highest BCUT2D eigenvalue weighted by Crippen LogP contribution is 2.28. The van der Waals surface area contributed by atoms with Gasteiger partial charge in [-0.3, -0.25) is 14.9 Å². The Hall–Kier alpha value is -3.39. The van der Waals surface area contributed by atoms with Gasteiger partial charge in [0.1, 0.15) is 0 Å². The van der Waals surface area contributed by atoms with E-state index in [9.17, 15) is 19.7 Å². The molecule has 1 aliphatic rings. The number of anilines is 1.